The first kappa shape index (κ1) is 22.2. The van der Waals surface area contributed by atoms with Crippen LogP contribution in [0.2, 0.25) is 0 Å². The monoisotopic (exact) mass is 516 g/mol. The van der Waals surface area contributed by atoms with Crippen molar-refractivity contribution < 1.29 is 13.9 Å². The Balaban J connectivity index is 1.92. The SMILES string of the molecule is CCOC(=O)Cn1c(=O)n(Cc2ccc(Br)cc2F)c(=O)c2cc(-c3ccccc3)sc21. The third kappa shape index (κ3) is 4.31. The molecule has 0 amide bonds. The lowest BCUT2D eigenvalue weighted by molar-refractivity contribution is -0.143. The normalized spacial score (nSPS) is 11.1. The van der Waals surface area contributed by atoms with Gasteiger partial charge >= 0.3 is 11.7 Å². The zero-order valence-electron chi connectivity index (χ0n) is 17.0. The molecule has 2 heterocycles. The van der Waals surface area contributed by atoms with E-state index in [0.717, 1.165) is 15.0 Å². The van der Waals surface area contributed by atoms with Crippen LogP contribution in [0.4, 0.5) is 4.39 Å². The lowest BCUT2D eigenvalue weighted by Crippen LogP contribution is -2.41. The van der Waals surface area contributed by atoms with Gasteiger partial charge in [0.05, 0.1) is 18.5 Å². The molecule has 2 aromatic heterocycles. The molecule has 164 valence electrons. The van der Waals surface area contributed by atoms with Crippen LogP contribution < -0.4 is 11.2 Å². The highest BCUT2D eigenvalue weighted by atomic mass is 79.9. The molecule has 0 saturated heterocycles. The number of nitrogens with zero attached hydrogens (tertiary/aromatic N) is 2. The van der Waals surface area contributed by atoms with E-state index in [9.17, 15) is 18.8 Å². The molecule has 0 fully saturated rings. The van der Waals surface area contributed by atoms with E-state index >= 15 is 0 Å². The second-order valence-corrected chi connectivity index (χ2v) is 8.94. The molecule has 0 atom stereocenters. The van der Waals surface area contributed by atoms with Gasteiger partial charge in [-0.3, -0.25) is 18.7 Å². The smallest absolute Gasteiger partial charge is 0.332 e. The maximum atomic E-state index is 14.4. The number of carbonyl (C=O) groups is 1. The molecule has 0 spiro atoms. The van der Waals surface area contributed by atoms with Crippen LogP contribution in [0.15, 0.2) is 68.7 Å². The first-order valence-electron chi connectivity index (χ1n) is 9.81. The fourth-order valence-electron chi connectivity index (χ4n) is 3.38. The van der Waals surface area contributed by atoms with Crippen LogP contribution in [0, 0.1) is 5.82 Å². The maximum Gasteiger partial charge on any atom is 0.332 e. The van der Waals surface area contributed by atoms with Gasteiger partial charge in [0, 0.05) is 14.9 Å². The highest BCUT2D eigenvalue weighted by molar-refractivity contribution is 9.10. The van der Waals surface area contributed by atoms with Gasteiger partial charge in [0.15, 0.2) is 0 Å². The number of halogens is 2. The first-order chi connectivity index (χ1) is 15.4. The fourth-order valence-corrected chi connectivity index (χ4v) is 4.86. The molecular formula is C23H18BrFN2O4S. The van der Waals surface area contributed by atoms with Gasteiger partial charge in [-0.25, -0.2) is 9.18 Å². The molecule has 2 aromatic carbocycles. The van der Waals surface area contributed by atoms with E-state index in [1.165, 1.54) is 28.0 Å². The average molecular weight is 517 g/mol. The fraction of sp³-hybridized carbons (Fsp3) is 0.174. The number of rotatable bonds is 6. The Hall–Kier alpha value is -3.04. The number of benzene rings is 2. The Bertz CT molecular complexity index is 1430. The third-order valence-electron chi connectivity index (χ3n) is 4.89. The molecule has 0 bridgehead atoms. The maximum absolute atomic E-state index is 14.4. The Kier molecular flexibility index (Phi) is 6.38. The molecule has 4 rings (SSSR count). The molecule has 0 aliphatic heterocycles. The number of hydrogen-bond donors (Lipinski definition) is 0. The third-order valence-corrected chi connectivity index (χ3v) is 6.59. The topological polar surface area (TPSA) is 70.3 Å². The summed E-state index contributed by atoms with van der Waals surface area (Å²) in [7, 11) is 0. The quantitative estimate of drug-likeness (QED) is 0.356. The Morgan fingerprint density at radius 2 is 1.84 bits per heavy atom. The minimum atomic E-state index is -0.695. The van der Waals surface area contributed by atoms with Crippen molar-refractivity contribution in [3.63, 3.8) is 0 Å². The van der Waals surface area contributed by atoms with Gasteiger partial charge in [0.1, 0.15) is 17.2 Å². The summed E-state index contributed by atoms with van der Waals surface area (Å²) in [6, 6.07) is 15.5. The van der Waals surface area contributed by atoms with Crippen molar-refractivity contribution in [3.05, 3.63) is 91.3 Å². The Morgan fingerprint density at radius 1 is 1.09 bits per heavy atom. The number of fused-ring (bicyclic) bond motifs is 1. The molecule has 4 aromatic rings. The summed E-state index contributed by atoms with van der Waals surface area (Å²) >= 11 is 4.44. The Labute approximate surface area is 194 Å². The van der Waals surface area contributed by atoms with Gasteiger partial charge in [-0.15, -0.1) is 11.3 Å². The van der Waals surface area contributed by atoms with Crippen LogP contribution >= 0.6 is 27.3 Å². The first-order valence-corrected chi connectivity index (χ1v) is 11.4. The zero-order chi connectivity index (χ0) is 22.8. The molecule has 0 N–H and O–H groups in total. The van der Waals surface area contributed by atoms with Gasteiger partial charge in [0.2, 0.25) is 0 Å². The van der Waals surface area contributed by atoms with Crippen molar-refractivity contribution in [1.29, 1.82) is 0 Å². The second kappa shape index (κ2) is 9.22. The number of hydrogen-bond acceptors (Lipinski definition) is 5. The predicted octanol–water partition coefficient (Wildman–Crippen LogP) is 4.40. The lowest BCUT2D eigenvalue weighted by atomic mass is 10.2. The summed E-state index contributed by atoms with van der Waals surface area (Å²) in [4.78, 5) is 39.9. The predicted molar refractivity (Wildman–Crippen MR) is 126 cm³/mol. The van der Waals surface area contributed by atoms with E-state index in [2.05, 4.69) is 15.9 Å². The second-order valence-electron chi connectivity index (χ2n) is 7.00. The minimum Gasteiger partial charge on any atom is -0.465 e. The van der Waals surface area contributed by atoms with E-state index < -0.39 is 23.0 Å². The summed E-state index contributed by atoms with van der Waals surface area (Å²) in [6.07, 6.45) is 0. The van der Waals surface area contributed by atoms with Crippen LogP contribution in [0.3, 0.4) is 0 Å². The van der Waals surface area contributed by atoms with E-state index in [-0.39, 0.29) is 30.6 Å². The molecule has 0 aliphatic rings. The highest BCUT2D eigenvalue weighted by Gasteiger charge is 2.20. The van der Waals surface area contributed by atoms with Gasteiger partial charge in [-0.2, -0.15) is 0 Å². The molecule has 0 saturated carbocycles. The summed E-state index contributed by atoms with van der Waals surface area (Å²) in [5.74, 6) is -1.14. The van der Waals surface area contributed by atoms with Crippen molar-refractivity contribution in [3.8, 4) is 10.4 Å². The average Bonchev–Trinajstić information content (AvgIpc) is 3.22. The standard InChI is InChI=1S/C23H18BrFN2O4S/c1-2-31-20(28)13-27-22-17(11-19(32-22)14-6-4-3-5-7-14)21(29)26(23(27)30)12-15-8-9-16(24)10-18(15)25/h3-11H,2,12-13H2,1H3. The highest BCUT2D eigenvalue weighted by Crippen LogP contribution is 2.31. The zero-order valence-corrected chi connectivity index (χ0v) is 19.4. The van der Waals surface area contributed by atoms with Crippen molar-refractivity contribution in [1.82, 2.24) is 9.13 Å². The number of ether oxygens (including phenoxy) is 1. The number of aromatic nitrogens is 2. The molecule has 9 heteroatoms. The van der Waals surface area contributed by atoms with Gasteiger partial charge in [-0.05, 0) is 30.7 Å². The molecule has 0 aliphatic carbocycles. The summed E-state index contributed by atoms with van der Waals surface area (Å²) in [5.41, 5.74) is -0.160. The minimum absolute atomic E-state index is 0.167. The van der Waals surface area contributed by atoms with Crippen LogP contribution in [-0.2, 0) is 22.6 Å². The summed E-state index contributed by atoms with van der Waals surface area (Å²) < 4.78 is 22.2. The summed E-state index contributed by atoms with van der Waals surface area (Å²) in [6.45, 7) is 1.24. The van der Waals surface area contributed by atoms with Crippen LogP contribution in [-0.4, -0.2) is 21.7 Å². The molecule has 0 radical (unpaired) electrons. The number of thiophene rings is 1. The molecule has 0 unspecified atom stereocenters. The number of carbonyl (C=O) groups excluding carboxylic acids is 1. The van der Waals surface area contributed by atoms with Crippen LogP contribution in [0.5, 0.6) is 0 Å². The molecular weight excluding hydrogens is 499 g/mol. The van der Waals surface area contributed by atoms with Gasteiger partial charge in [0.25, 0.3) is 5.56 Å². The van der Waals surface area contributed by atoms with E-state index in [0.29, 0.717) is 9.30 Å². The van der Waals surface area contributed by atoms with Crippen molar-refractivity contribution >= 4 is 43.5 Å². The van der Waals surface area contributed by atoms with Crippen LogP contribution in [0.1, 0.15) is 12.5 Å². The van der Waals surface area contributed by atoms with E-state index in [4.69, 9.17) is 4.74 Å². The van der Waals surface area contributed by atoms with E-state index in [1.54, 1.807) is 19.1 Å². The molecule has 32 heavy (non-hydrogen) atoms. The van der Waals surface area contributed by atoms with E-state index in [1.807, 2.05) is 30.3 Å². The van der Waals surface area contributed by atoms with Gasteiger partial charge in [-0.1, -0.05) is 52.3 Å². The largest absolute Gasteiger partial charge is 0.465 e. The van der Waals surface area contributed by atoms with Crippen molar-refractivity contribution in [2.24, 2.45) is 0 Å². The number of esters is 1. The van der Waals surface area contributed by atoms with Crippen LogP contribution in [0.25, 0.3) is 20.7 Å². The molecule has 6 nitrogen and oxygen atoms in total. The van der Waals surface area contributed by atoms with Crippen molar-refractivity contribution in [2.45, 2.75) is 20.0 Å². The summed E-state index contributed by atoms with van der Waals surface area (Å²) in [5, 5.41) is 0.287. The Morgan fingerprint density at radius 3 is 2.53 bits per heavy atom. The lowest BCUT2D eigenvalue weighted by Gasteiger charge is -2.12. The van der Waals surface area contributed by atoms with Crippen molar-refractivity contribution in [2.75, 3.05) is 6.61 Å². The van der Waals surface area contributed by atoms with Gasteiger partial charge < -0.3 is 4.74 Å².